The van der Waals surface area contributed by atoms with Gasteiger partial charge >= 0.3 is 0 Å². The summed E-state index contributed by atoms with van der Waals surface area (Å²) in [6.07, 6.45) is 0. The molecule has 0 radical (unpaired) electrons. The van der Waals surface area contributed by atoms with Crippen LogP contribution in [0.4, 0.5) is 0 Å². The molecule has 0 aromatic rings. The number of hydrogen-bond acceptors (Lipinski definition) is 3. The molecule has 2 nitrogen and oxygen atoms in total. The van der Waals surface area contributed by atoms with Gasteiger partial charge in [-0.25, -0.2) is 0 Å². The molecule has 0 saturated heterocycles. The van der Waals surface area contributed by atoms with Gasteiger partial charge in [0.25, 0.3) is 0 Å². The van der Waals surface area contributed by atoms with Crippen molar-refractivity contribution in [3.63, 3.8) is 0 Å². The van der Waals surface area contributed by atoms with Gasteiger partial charge < -0.3 is 4.74 Å². The lowest BCUT2D eigenvalue weighted by Gasteiger charge is -1.99. The first-order valence-electron chi connectivity index (χ1n) is 1.68. The van der Waals surface area contributed by atoms with Crippen LogP contribution in [0.3, 0.4) is 0 Å². The van der Waals surface area contributed by atoms with Crippen molar-refractivity contribution in [2.75, 3.05) is 12.7 Å². The average molecular weight is 103 g/mol. The molecule has 0 N–H and O–H groups in total. The fourth-order valence-corrected chi connectivity index (χ4v) is 0.650. The van der Waals surface area contributed by atoms with Crippen LogP contribution in [0.15, 0.2) is 4.99 Å². The molecule has 0 aromatic heterocycles. The van der Waals surface area contributed by atoms with Crippen LogP contribution in [0.2, 0.25) is 0 Å². The van der Waals surface area contributed by atoms with E-state index < -0.39 is 0 Å². The Morgan fingerprint density at radius 3 is 3.00 bits per heavy atom. The molecule has 1 heterocycles. The second-order valence-corrected chi connectivity index (χ2v) is 1.69. The number of nitrogens with zero attached hydrogens (tertiary/aromatic N) is 1. The third-order valence-corrected chi connectivity index (χ3v) is 1.07. The van der Waals surface area contributed by atoms with Crippen LogP contribution in [0.1, 0.15) is 0 Å². The van der Waals surface area contributed by atoms with Gasteiger partial charge in [0.15, 0.2) is 0 Å². The molecule has 1 rings (SSSR count). The second-order valence-electron chi connectivity index (χ2n) is 0.906. The van der Waals surface area contributed by atoms with Gasteiger partial charge in [0.05, 0.1) is 11.5 Å². The lowest BCUT2D eigenvalue weighted by Crippen LogP contribution is -1.94. The first-order valence-corrected chi connectivity index (χ1v) is 2.72. The van der Waals surface area contributed by atoms with E-state index in [0.29, 0.717) is 6.73 Å². The summed E-state index contributed by atoms with van der Waals surface area (Å²) in [6.45, 7) is 0.549. The third kappa shape index (κ3) is 0.988. The van der Waals surface area contributed by atoms with E-state index in [-0.39, 0.29) is 0 Å². The summed E-state index contributed by atoms with van der Waals surface area (Å²) in [7, 11) is 0. The summed E-state index contributed by atoms with van der Waals surface area (Å²) in [5, 5.41) is 0. The van der Waals surface area contributed by atoms with E-state index in [4.69, 9.17) is 4.74 Å². The Balaban J connectivity index is 2.26. The number of ether oxygens (including phenoxy) is 1. The van der Waals surface area contributed by atoms with Gasteiger partial charge in [-0.2, -0.15) is 0 Å². The van der Waals surface area contributed by atoms with Crippen molar-refractivity contribution in [3.8, 4) is 0 Å². The molecule has 0 aliphatic carbocycles. The topological polar surface area (TPSA) is 21.6 Å². The van der Waals surface area contributed by atoms with Crippen LogP contribution in [0.25, 0.3) is 0 Å². The van der Waals surface area contributed by atoms with Crippen LogP contribution in [-0.2, 0) is 4.74 Å². The molecule has 0 atom stereocenters. The predicted octanol–water partition coefficient (Wildman–Crippen LogP) is 0.693. The highest BCUT2D eigenvalue weighted by atomic mass is 32.2. The molecular formula is C3H5NOS. The van der Waals surface area contributed by atoms with Crippen molar-refractivity contribution in [3.05, 3.63) is 0 Å². The second kappa shape index (κ2) is 2.21. The van der Waals surface area contributed by atoms with Crippen molar-refractivity contribution in [2.45, 2.75) is 0 Å². The maximum atomic E-state index is 4.83. The van der Waals surface area contributed by atoms with Crippen LogP contribution < -0.4 is 0 Å². The first kappa shape index (κ1) is 4.15. The SMILES string of the molecule is C1=NCOCS1. The molecule has 0 fully saturated rings. The Hall–Kier alpha value is -0.0200. The van der Waals surface area contributed by atoms with E-state index in [0.717, 1.165) is 5.94 Å². The van der Waals surface area contributed by atoms with Gasteiger partial charge in [-0.1, -0.05) is 11.8 Å². The largest absolute Gasteiger partial charge is 0.348 e. The van der Waals surface area contributed by atoms with Crippen molar-refractivity contribution in [2.24, 2.45) is 4.99 Å². The third-order valence-electron chi connectivity index (χ3n) is 0.466. The van der Waals surface area contributed by atoms with Crippen LogP contribution in [-0.4, -0.2) is 18.2 Å². The molecule has 0 unspecified atom stereocenters. The fraction of sp³-hybridized carbons (Fsp3) is 0.667. The van der Waals surface area contributed by atoms with E-state index in [2.05, 4.69) is 4.99 Å². The van der Waals surface area contributed by atoms with Gasteiger partial charge in [0, 0.05) is 0 Å². The van der Waals surface area contributed by atoms with Crippen molar-refractivity contribution < 1.29 is 4.74 Å². The smallest absolute Gasteiger partial charge is 0.139 e. The minimum absolute atomic E-state index is 0.549. The molecule has 0 spiro atoms. The summed E-state index contributed by atoms with van der Waals surface area (Å²) < 4.78 is 4.83. The Kier molecular flexibility index (Phi) is 1.52. The van der Waals surface area contributed by atoms with Crippen molar-refractivity contribution in [1.29, 1.82) is 0 Å². The lowest BCUT2D eigenvalue weighted by molar-refractivity contribution is 0.191. The maximum absolute atomic E-state index is 4.83. The standard InChI is InChI=1S/C3H5NOS/c1-4-2-6-3-5-1/h2H,1,3H2. The fourth-order valence-electron chi connectivity index (χ4n) is 0.252. The summed E-state index contributed by atoms with van der Waals surface area (Å²) in [5.74, 6) is 0.767. The molecular weight excluding hydrogens is 98.1 g/mol. The van der Waals surface area contributed by atoms with Gasteiger partial charge in [-0.05, 0) is 0 Å². The van der Waals surface area contributed by atoms with Crippen LogP contribution in [0.5, 0.6) is 0 Å². The highest BCUT2D eigenvalue weighted by Crippen LogP contribution is 1.99. The Morgan fingerprint density at radius 1 is 1.83 bits per heavy atom. The van der Waals surface area contributed by atoms with Crippen molar-refractivity contribution in [1.82, 2.24) is 0 Å². The van der Waals surface area contributed by atoms with Gasteiger partial charge in [-0.3, -0.25) is 4.99 Å². The molecule has 6 heavy (non-hydrogen) atoms. The zero-order chi connectivity index (χ0) is 4.24. The van der Waals surface area contributed by atoms with Crippen LogP contribution in [0, 0.1) is 0 Å². The van der Waals surface area contributed by atoms with E-state index in [1.165, 1.54) is 0 Å². The normalized spacial score (nSPS) is 21.3. The average Bonchev–Trinajstić information content (AvgIpc) is 1.72. The van der Waals surface area contributed by atoms with E-state index >= 15 is 0 Å². The van der Waals surface area contributed by atoms with E-state index in [1.807, 2.05) is 5.55 Å². The zero-order valence-electron chi connectivity index (χ0n) is 3.26. The summed E-state index contributed by atoms with van der Waals surface area (Å²) in [6, 6.07) is 0. The first-order chi connectivity index (χ1) is 3.00. The van der Waals surface area contributed by atoms with Gasteiger partial charge in [-0.15, -0.1) is 0 Å². The quantitative estimate of drug-likeness (QED) is 0.450. The number of aliphatic imine (C=N–C) groups is 1. The van der Waals surface area contributed by atoms with E-state index in [1.54, 1.807) is 11.8 Å². The number of hydrogen-bond donors (Lipinski definition) is 0. The maximum Gasteiger partial charge on any atom is 0.139 e. The van der Waals surface area contributed by atoms with Gasteiger partial charge in [0.2, 0.25) is 0 Å². The number of rotatable bonds is 0. The monoisotopic (exact) mass is 103 g/mol. The summed E-state index contributed by atoms with van der Waals surface area (Å²) >= 11 is 1.58. The zero-order valence-corrected chi connectivity index (χ0v) is 4.07. The molecule has 3 heteroatoms. The minimum atomic E-state index is 0.549. The summed E-state index contributed by atoms with van der Waals surface area (Å²) in [5.41, 5.74) is 1.81. The molecule has 1 aliphatic rings. The number of thioether (sulfide) groups is 1. The Morgan fingerprint density at radius 2 is 2.83 bits per heavy atom. The molecule has 1 aliphatic heterocycles. The lowest BCUT2D eigenvalue weighted by atomic mass is 11.2. The van der Waals surface area contributed by atoms with Gasteiger partial charge in [0.1, 0.15) is 6.73 Å². The molecule has 0 saturated carbocycles. The highest BCUT2D eigenvalue weighted by Gasteiger charge is 1.86. The highest BCUT2D eigenvalue weighted by molar-refractivity contribution is 8.11. The predicted molar refractivity (Wildman–Crippen MR) is 26.9 cm³/mol. The summed E-state index contributed by atoms with van der Waals surface area (Å²) in [4.78, 5) is 3.79. The van der Waals surface area contributed by atoms with E-state index in [9.17, 15) is 0 Å². The Labute approximate surface area is 40.6 Å². The Bertz CT molecular complexity index is 55.8. The van der Waals surface area contributed by atoms with Crippen LogP contribution >= 0.6 is 11.8 Å². The molecule has 0 aromatic carbocycles. The minimum Gasteiger partial charge on any atom is -0.348 e. The molecule has 34 valence electrons. The van der Waals surface area contributed by atoms with Crippen molar-refractivity contribution >= 4 is 17.3 Å². The molecule has 0 bridgehead atoms. The molecule has 0 amide bonds.